The average Bonchev–Trinajstić information content (AvgIpc) is 2.41. The van der Waals surface area contributed by atoms with E-state index in [-0.39, 0.29) is 11.9 Å². The molecule has 18 heavy (non-hydrogen) atoms. The largest absolute Gasteiger partial charge is 0.376 e. The number of nitrogens with zero attached hydrogens (tertiary/aromatic N) is 1. The van der Waals surface area contributed by atoms with Crippen LogP contribution in [-0.4, -0.2) is 0 Å². The molecule has 2 rings (SSSR count). The summed E-state index contributed by atoms with van der Waals surface area (Å²) in [6, 6.07) is 15.9. The maximum Gasteiger partial charge on any atom is 0.146 e. The Morgan fingerprint density at radius 3 is 2.67 bits per heavy atom. The topological polar surface area (TPSA) is 35.8 Å². The summed E-state index contributed by atoms with van der Waals surface area (Å²) in [5.41, 5.74) is 2.03. The van der Waals surface area contributed by atoms with Crippen LogP contribution in [0.4, 0.5) is 10.1 Å². The molecule has 0 heterocycles. The summed E-state index contributed by atoms with van der Waals surface area (Å²) in [4.78, 5) is 0. The van der Waals surface area contributed by atoms with E-state index in [9.17, 15) is 4.39 Å². The van der Waals surface area contributed by atoms with Crippen molar-refractivity contribution in [3.8, 4) is 6.07 Å². The Kier molecular flexibility index (Phi) is 3.59. The molecule has 0 amide bonds. The zero-order chi connectivity index (χ0) is 13.0. The Labute approximate surface area is 106 Å². The van der Waals surface area contributed by atoms with Crippen molar-refractivity contribution in [2.75, 3.05) is 5.32 Å². The molecule has 2 aromatic carbocycles. The van der Waals surface area contributed by atoms with Crippen LogP contribution in [0.2, 0.25) is 0 Å². The molecule has 0 saturated heterocycles. The van der Waals surface area contributed by atoms with Gasteiger partial charge in [0.05, 0.1) is 17.3 Å². The van der Waals surface area contributed by atoms with E-state index in [0.717, 1.165) is 5.56 Å². The second-order valence-corrected chi connectivity index (χ2v) is 4.08. The Morgan fingerprint density at radius 1 is 1.17 bits per heavy atom. The van der Waals surface area contributed by atoms with E-state index in [1.807, 2.05) is 19.1 Å². The van der Waals surface area contributed by atoms with Gasteiger partial charge in [0.1, 0.15) is 5.82 Å². The molecule has 0 aliphatic heterocycles. The number of nitriles is 1. The molecule has 0 spiro atoms. The van der Waals surface area contributed by atoms with Gasteiger partial charge in [-0.2, -0.15) is 5.26 Å². The maximum absolute atomic E-state index is 13.5. The summed E-state index contributed by atoms with van der Waals surface area (Å²) in [5, 5.41) is 11.9. The van der Waals surface area contributed by atoms with Crippen LogP contribution < -0.4 is 5.32 Å². The summed E-state index contributed by atoms with van der Waals surface area (Å²) in [6.45, 7) is 1.93. The van der Waals surface area contributed by atoms with Gasteiger partial charge in [-0.3, -0.25) is 0 Å². The number of anilines is 1. The number of benzene rings is 2. The lowest BCUT2D eigenvalue weighted by Gasteiger charge is -2.16. The van der Waals surface area contributed by atoms with Crippen LogP contribution in [0.25, 0.3) is 0 Å². The molecular weight excluding hydrogens is 227 g/mol. The maximum atomic E-state index is 13.5. The van der Waals surface area contributed by atoms with E-state index in [4.69, 9.17) is 5.26 Å². The highest BCUT2D eigenvalue weighted by atomic mass is 19.1. The molecule has 2 nitrogen and oxygen atoms in total. The van der Waals surface area contributed by atoms with E-state index < -0.39 is 0 Å². The van der Waals surface area contributed by atoms with Crippen LogP contribution in [0, 0.1) is 17.1 Å². The molecule has 2 aromatic rings. The van der Waals surface area contributed by atoms with Crippen LogP contribution in [0.1, 0.15) is 24.1 Å². The summed E-state index contributed by atoms with van der Waals surface area (Å²) in [6.07, 6.45) is 0. The van der Waals surface area contributed by atoms with Crippen molar-refractivity contribution in [1.29, 1.82) is 5.26 Å². The predicted octanol–water partition coefficient (Wildman–Crippen LogP) is 3.87. The fourth-order valence-corrected chi connectivity index (χ4v) is 1.77. The van der Waals surface area contributed by atoms with Crippen molar-refractivity contribution in [2.45, 2.75) is 13.0 Å². The third-order valence-corrected chi connectivity index (χ3v) is 2.76. The second kappa shape index (κ2) is 5.33. The number of nitrogens with one attached hydrogen (secondary N) is 1. The fraction of sp³-hybridized carbons (Fsp3) is 0.133. The molecular formula is C15H13FN2. The molecule has 0 bridgehead atoms. The van der Waals surface area contributed by atoms with Crippen LogP contribution in [-0.2, 0) is 0 Å². The summed E-state index contributed by atoms with van der Waals surface area (Å²) in [5.74, 6) is -0.277. The lowest BCUT2D eigenvalue weighted by Crippen LogP contribution is -2.07. The first-order chi connectivity index (χ1) is 8.70. The third-order valence-electron chi connectivity index (χ3n) is 2.76. The van der Waals surface area contributed by atoms with E-state index in [1.165, 1.54) is 6.07 Å². The first-order valence-electron chi connectivity index (χ1n) is 5.72. The number of para-hydroxylation sites is 1. The zero-order valence-electron chi connectivity index (χ0n) is 10.0. The number of hydrogen-bond donors (Lipinski definition) is 1. The number of hydrogen-bond acceptors (Lipinski definition) is 2. The fourth-order valence-electron chi connectivity index (χ4n) is 1.77. The highest BCUT2D eigenvalue weighted by Crippen LogP contribution is 2.21. The minimum Gasteiger partial charge on any atom is -0.376 e. The van der Waals surface area contributed by atoms with Gasteiger partial charge in [0, 0.05) is 6.04 Å². The standard InChI is InChI=1S/C15H13FN2/c1-11(13-6-4-5-12(9-13)10-17)18-15-8-3-2-7-14(15)16/h2-9,11,18H,1H3. The Morgan fingerprint density at radius 2 is 1.94 bits per heavy atom. The van der Waals surface area contributed by atoms with Gasteiger partial charge in [0.2, 0.25) is 0 Å². The van der Waals surface area contributed by atoms with Crippen LogP contribution in [0.3, 0.4) is 0 Å². The molecule has 0 aliphatic rings. The smallest absolute Gasteiger partial charge is 0.146 e. The monoisotopic (exact) mass is 240 g/mol. The van der Waals surface area contributed by atoms with E-state index in [1.54, 1.807) is 30.3 Å². The van der Waals surface area contributed by atoms with Crippen molar-refractivity contribution in [3.63, 3.8) is 0 Å². The number of halogens is 1. The molecule has 0 aliphatic carbocycles. The van der Waals surface area contributed by atoms with Crippen molar-refractivity contribution >= 4 is 5.69 Å². The minimum atomic E-state index is -0.277. The second-order valence-electron chi connectivity index (χ2n) is 4.08. The average molecular weight is 240 g/mol. The molecule has 0 radical (unpaired) electrons. The minimum absolute atomic E-state index is 0.0600. The molecule has 1 atom stereocenters. The van der Waals surface area contributed by atoms with Gasteiger partial charge >= 0.3 is 0 Å². The van der Waals surface area contributed by atoms with Gasteiger partial charge in [-0.25, -0.2) is 4.39 Å². The Balaban J connectivity index is 2.20. The van der Waals surface area contributed by atoms with Crippen LogP contribution in [0.5, 0.6) is 0 Å². The summed E-state index contributed by atoms with van der Waals surface area (Å²) in [7, 11) is 0. The van der Waals surface area contributed by atoms with Crippen molar-refractivity contribution in [2.24, 2.45) is 0 Å². The third kappa shape index (κ3) is 2.67. The van der Waals surface area contributed by atoms with Gasteiger partial charge in [0.25, 0.3) is 0 Å². The number of rotatable bonds is 3. The van der Waals surface area contributed by atoms with Crippen molar-refractivity contribution in [3.05, 3.63) is 65.5 Å². The summed E-state index contributed by atoms with van der Waals surface area (Å²) >= 11 is 0. The lowest BCUT2D eigenvalue weighted by atomic mass is 10.1. The molecule has 90 valence electrons. The van der Waals surface area contributed by atoms with E-state index in [2.05, 4.69) is 11.4 Å². The first kappa shape index (κ1) is 12.1. The normalized spacial score (nSPS) is 11.6. The van der Waals surface area contributed by atoms with Gasteiger partial charge in [0.15, 0.2) is 0 Å². The Bertz CT molecular complexity index is 587. The van der Waals surface area contributed by atoms with E-state index >= 15 is 0 Å². The first-order valence-corrected chi connectivity index (χ1v) is 5.72. The highest BCUT2D eigenvalue weighted by molar-refractivity contribution is 5.47. The van der Waals surface area contributed by atoms with Gasteiger partial charge in [-0.1, -0.05) is 24.3 Å². The predicted molar refractivity (Wildman–Crippen MR) is 69.6 cm³/mol. The van der Waals surface area contributed by atoms with Gasteiger partial charge < -0.3 is 5.32 Å². The molecule has 0 aromatic heterocycles. The molecule has 0 saturated carbocycles. The van der Waals surface area contributed by atoms with Gasteiger partial charge in [-0.05, 0) is 36.8 Å². The summed E-state index contributed by atoms with van der Waals surface area (Å²) < 4.78 is 13.5. The molecule has 1 unspecified atom stereocenters. The quantitative estimate of drug-likeness (QED) is 0.884. The molecule has 0 fully saturated rings. The zero-order valence-corrected chi connectivity index (χ0v) is 10.0. The Hall–Kier alpha value is -2.34. The van der Waals surface area contributed by atoms with Gasteiger partial charge in [-0.15, -0.1) is 0 Å². The van der Waals surface area contributed by atoms with Crippen molar-refractivity contribution < 1.29 is 4.39 Å². The molecule has 1 N–H and O–H groups in total. The SMILES string of the molecule is CC(Nc1ccccc1F)c1cccc(C#N)c1. The van der Waals surface area contributed by atoms with Crippen LogP contribution in [0.15, 0.2) is 48.5 Å². The highest BCUT2D eigenvalue weighted by Gasteiger charge is 2.08. The van der Waals surface area contributed by atoms with Crippen LogP contribution >= 0.6 is 0 Å². The van der Waals surface area contributed by atoms with E-state index in [0.29, 0.717) is 11.3 Å². The molecule has 3 heteroatoms. The van der Waals surface area contributed by atoms with Crippen molar-refractivity contribution in [1.82, 2.24) is 0 Å². The lowest BCUT2D eigenvalue weighted by molar-refractivity contribution is 0.627.